The van der Waals surface area contributed by atoms with E-state index in [1.807, 2.05) is 63.2 Å². The fourth-order valence-corrected chi connectivity index (χ4v) is 6.11. The van der Waals surface area contributed by atoms with E-state index in [0.717, 1.165) is 28.7 Å². The van der Waals surface area contributed by atoms with E-state index in [-0.39, 0.29) is 0 Å². The first-order valence-corrected chi connectivity index (χ1v) is 10.8. The Morgan fingerprint density at radius 2 is 1.75 bits per heavy atom. The summed E-state index contributed by atoms with van der Waals surface area (Å²) in [6.45, 7) is 6.11. The number of hydrogen-bond acceptors (Lipinski definition) is 5. The number of hydrogen-bond donors (Lipinski definition) is 0. The van der Waals surface area contributed by atoms with Gasteiger partial charge in [-0.2, -0.15) is 9.29 Å². The Morgan fingerprint density at radius 1 is 1.07 bits per heavy atom. The van der Waals surface area contributed by atoms with Gasteiger partial charge in [0.25, 0.3) is 0 Å². The largest absolute Gasteiger partial charge is 0.337 e. The lowest BCUT2D eigenvalue weighted by atomic mass is 10.1. The van der Waals surface area contributed by atoms with Crippen LogP contribution >= 0.6 is 0 Å². The topological polar surface area (TPSA) is 76.3 Å². The van der Waals surface area contributed by atoms with Gasteiger partial charge >= 0.3 is 0 Å². The van der Waals surface area contributed by atoms with Gasteiger partial charge in [0.1, 0.15) is 6.04 Å². The zero-order valence-electron chi connectivity index (χ0n) is 16.2. The molecular formula is C21H23N3O3S. The van der Waals surface area contributed by atoms with Crippen molar-refractivity contribution in [2.45, 2.75) is 44.6 Å². The molecule has 0 aliphatic carbocycles. The summed E-state index contributed by atoms with van der Waals surface area (Å²) in [5.41, 5.74) is 3.42. The van der Waals surface area contributed by atoms with Gasteiger partial charge in [-0.05, 0) is 44.7 Å². The minimum absolute atomic E-state index is 0.349. The minimum atomic E-state index is -3.66. The lowest BCUT2D eigenvalue weighted by Crippen LogP contribution is -2.32. The van der Waals surface area contributed by atoms with Gasteiger partial charge in [-0.15, -0.1) is 0 Å². The summed E-state index contributed by atoms with van der Waals surface area (Å²) in [6.07, 6.45) is 1.43. The Balaban J connectivity index is 1.70. The Morgan fingerprint density at radius 3 is 2.43 bits per heavy atom. The second-order valence-electron chi connectivity index (χ2n) is 7.32. The van der Waals surface area contributed by atoms with Crippen molar-refractivity contribution in [1.82, 2.24) is 14.4 Å². The number of benzene rings is 2. The van der Waals surface area contributed by atoms with Crippen LogP contribution in [0.1, 0.15) is 41.5 Å². The molecule has 1 fully saturated rings. The van der Waals surface area contributed by atoms with Gasteiger partial charge in [0, 0.05) is 12.1 Å². The quantitative estimate of drug-likeness (QED) is 0.660. The molecule has 1 aromatic heterocycles. The molecule has 1 aliphatic rings. The van der Waals surface area contributed by atoms with Gasteiger partial charge in [0.05, 0.1) is 4.90 Å². The highest BCUT2D eigenvalue weighted by Crippen LogP contribution is 2.38. The van der Waals surface area contributed by atoms with Crippen molar-refractivity contribution in [3.05, 3.63) is 65.0 Å². The van der Waals surface area contributed by atoms with E-state index in [2.05, 4.69) is 10.1 Å². The van der Waals surface area contributed by atoms with E-state index in [9.17, 15) is 8.42 Å². The van der Waals surface area contributed by atoms with Crippen LogP contribution < -0.4 is 0 Å². The SMILES string of the molecule is Cc1cc(C)c(S(=O)(=O)N2CCCC2c2nc(-c3ccccc3)no2)c(C)c1. The van der Waals surface area contributed by atoms with Crippen LogP contribution in [-0.2, 0) is 10.0 Å². The maximum Gasteiger partial charge on any atom is 0.245 e. The second kappa shape index (κ2) is 7.14. The summed E-state index contributed by atoms with van der Waals surface area (Å²) in [6, 6.07) is 12.9. The van der Waals surface area contributed by atoms with Crippen molar-refractivity contribution in [1.29, 1.82) is 0 Å². The molecular weight excluding hydrogens is 374 g/mol. The average Bonchev–Trinajstić information content (AvgIpc) is 3.31. The van der Waals surface area contributed by atoms with Crippen molar-refractivity contribution in [3.8, 4) is 11.4 Å². The third kappa shape index (κ3) is 3.25. The number of sulfonamides is 1. The Hall–Kier alpha value is -2.51. The highest BCUT2D eigenvalue weighted by atomic mass is 32.2. The molecule has 146 valence electrons. The van der Waals surface area contributed by atoms with Crippen molar-refractivity contribution < 1.29 is 12.9 Å². The maximum atomic E-state index is 13.5. The van der Waals surface area contributed by atoms with Crippen molar-refractivity contribution in [2.75, 3.05) is 6.54 Å². The van der Waals surface area contributed by atoms with Crippen LogP contribution in [0.2, 0.25) is 0 Å². The van der Waals surface area contributed by atoms with E-state index < -0.39 is 16.1 Å². The van der Waals surface area contributed by atoms with E-state index in [0.29, 0.717) is 29.6 Å². The molecule has 2 heterocycles. The van der Waals surface area contributed by atoms with Crippen LogP contribution in [0.15, 0.2) is 51.9 Å². The molecule has 7 heteroatoms. The molecule has 2 aromatic carbocycles. The average molecular weight is 398 g/mol. The predicted octanol–water partition coefficient (Wildman–Crippen LogP) is 4.19. The lowest BCUT2D eigenvalue weighted by Gasteiger charge is -2.23. The second-order valence-corrected chi connectivity index (χ2v) is 9.15. The molecule has 0 saturated carbocycles. The Kier molecular flexibility index (Phi) is 4.81. The van der Waals surface area contributed by atoms with Crippen LogP contribution in [0.4, 0.5) is 0 Å². The molecule has 0 radical (unpaired) electrons. The molecule has 0 spiro atoms. The lowest BCUT2D eigenvalue weighted by molar-refractivity contribution is 0.290. The molecule has 4 rings (SSSR count). The van der Waals surface area contributed by atoms with Crippen LogP contribution in [0.5, 0.6) is 0 Å². The van der Waals surface area contributed by atoms with Crippen LogP contribution in [-0.4, -0.2) is 29.4 Å². The normalized spacial score (nSPS) is 17.9. The van der Waals surface area contributed by atoms with E-state index in [1.54, 1.807) is 0 Å². The first-order valence-electron chi connectivity index (χ1n) is 9.36. The van der Waals surface area contributed by atoms with Crippen LogP contribution in [0, 0.1) is 20.8 Å². The van der Waals surface area contributed by atoms with Crippen molar-refractivity contribution in [2.24, 2.45) is 0 Å². The summed E-state index contributed by atoms with van der Waals surface area (Å²) in [5.74, 6) is 0.824. The summed E-state index contributed by atoms with van der Waals surface area (Å²) in [7, 11) is -3.66. The first-order chi connectivity index (χ1) is 13.4. The third-order valence-corrected chi connectivity index (χ3v) is 7.35. The standard InChI is InChI=1S/C21H23N3O3S/c1-14-12-15(2)19(16(3)13-14)28(25,26)24-11-7-10-18(24)21-22-20(23-27-21)17-8-5-4-6-9-17/h4-6,8-9,12-13,18H,7,10-11H2,1-3H3. The van der Waals surface area contributed by atoms with Gasteiger partial charge < -0.3 is 4.52 Å². The maximum absolute atomic E-state index is 13.5. The Bertz CT molecular complexity index is 1080. The smallest absolute Gasteiger partial charge is 0.245 e. The van der Waals surface area contributed by atoms with Crippen molar-refractivity contribution in [3.63, 3.8) is 0 Å². The zero-order valence-corrected chi connectivity index (χ0v) is 17.0. The third-order valence-electron chi connectivity index (χ3n) is 5.13. The van der Waals surface area contributed by atoms with Gasteiger partial charge in [0.2, 0.25) is 21.7 Å². The molecule has 0 N–H and O–H groups in total. The van der Waals surface area contributed by atoms with Crippen LogP contribution in [0.3, 0.4) is 0 Å². The molecule has 28 heavy (non-hydrogen) atoms. The van der Waals surface area contributed by atoms with Gasteiger partial charge in [-0.25, -0.2) is 8.42 Å². The van der Waals surface area contributed by atoms with Crippen LogP contribution in [0.25, 0.3) is 11.4 Å². The molecule has 1 saturated heterocycles. The van der Waals surface area contributed by atoms with E-state index >= 15 is 0 Å². The summed E-state index contributed by atoms with van der Waals surface area (Å²) in [5, 5.41) is 4.06. The predicted molar refractivity (Wildman–Crippen MR) is 106 cm³/mol. The van der Waals surface area contributed by atoms with Gasteiger partial charge in [0.15, 0.2) is 0 Å². The number of nitrogens with zero attached hydrogens (tertiary/aromatic N) is 3. The minimum Gasteiger partial charge on any atom is -0.337 e. The van der Waals surface area contributed by atoms with Gasteiger partial charge in [-0.3, -0.25) is 0 Å². The first kappa shape index (κ1) is 18.8. The Labute approximate surface area is 165 Å². The van der Waals surface area contributed by atoms with Gasteiger partial charge in [-0.1, -0.05) is 53.2 Å². The molecule has 3 aromatic rings. The number of rotatable bonds is 4. The summed E-state index contributed by atoms with van der Waals surface area (Å²) in [4.78, 5) is 4.88. The molecule has 0 bridgehead atoms. The fourth-order valence-electron chi connectivity index (χ4n) is 4.04. The van der Waals surface area contributed by atoms with E-state index in [4.69, 9.17) is 4.52 Å². The fraction of sp³-hybridized carbons (Fsp3) is 0.333. The number of aromatic nitrogens is 2. The number of aryl methyl sites for hydroxylation is 3. The molecule has 1 atom stereocenters. The molecule has 0 amide bonds. The molecule has 1 aliphatic heterocycles. The van der Waals surface area contributed by atoms with E-state index in [1.165, 1.54) is 4.31 Å². The summed E-state index contributed by atoms with van der Waals surface area (Å²) >= 11 is 0. The monoisotopic (exact) mass is 397 g/mol. The molecule has 6 nitrogen and oxygen atoms in total. The highest BCUT2D eigenvalue weighted by molar-refractivity contribution is 7.89. The highest BCUT2D eigenvalue weighted by Gasteiger charge is 2.40. The zero-order chi connectivity index (χ0) is 19.9. The van der Waals surface area contributed by atoms with Crippen molar-refractivity contribution >= 4 is 10.0 Å². The summed E-state index contributed by atoms with van der Waals surface area (Å²) < 4.78 is 34.0. The molecule has 1 unspecified atom stereocenters.